The van der Waals surface area contributed by atoms with Crippen LogP contribution in [0.4, 0.5) is 11.4 Å². The van der Waals surface area contributed by atoms with Gasteiger partial charge >= 0.3 is 0 Å². The molecule has 1 rings (SSSR count). The fourth-order valence-electron chi connectivity index (χ4n) is 1.59. The molecule has 18 heavy (non-hydrogen) atoms. The average molecular weight is 252 g/mol. The molecule has 0 fully saturated rings. The fourth-order valence-corrected chi connectivity index (χ4v) is 1.59. The summed E-state index contributed by atoms with van der Waals surface area (Å²) in [5, 5.41) is 0. The number of hydrogen-bond donors (Lipinski definition) is 1. The highest BCUT2D eigenvalue weighted by molar-refractivity contribution is 5.57. The number of hydrogen-bond acceptors (Lipinski definition) is 4. The van der Waals surface area contributed by atoms with E-state index in [1.807, 2.05) is 26.0 Å². The van der Waals surface area contributed by atoms with Crippen LogP contribution in [0, 0.1) is 6.92 Å². The summed E-state index contributed by atoms with van der Waals surface area (Å²) < 4.78 is 10.7. The van der Waals surface area contributed by atoms with Gasteiger partial charge in [-0.1, -0.05) is 0 Å². The molecule has 0 aromatic heterocycles. The Labute approximate surface area is 110 Å². The van der Waals surface area contributed by atoms with Crippen molar-refractivity contribution in [3.8, 4) is 0 Å². The number of rotatable bonds is 8. The van der Waals surface area contributed by atoms with Gasteiger partial charge in [-0.2, -0.15) is 0 Å². The summed E-state index contributed by atoms with van der Waals surface area (Å²) >= 11 is 0. The molecule has 0 aliphatic carbocycles. The number of aryl methyl sites for hydroxylation is 1. The zero-order valence-corrected chi connectivity index (χ0v) is 11.6. The molecule has 102 valence electrons. The Morgan fingerprint density at radius 2 is 1.89 bits per heavy atom. The maximum atomic E-state index is 5.80. The molecule has 0 saturated carbocycles. The molecule has 1 aromatic rings. The Bertz CT molecular complexity index is 356. The molecule has 2 N–H and O–H groups in total. The Hall–Kier alpha value is -1.26. The van der Waals surface area contributed by atoms with Gasteiger partial charge in [0.15, 0.2) is 0 Å². The second-order valence-corrected chi connectivity index (χ2v) is 4.27. The minimum Gasteiger partial charge on any atom is -0.399 e. The summed E-state index contributed by atoms with van der Waals surface area (Å²) in [6.45, 7) is 7.63. The van der Waals surface area contributed by atoms with Crippen molar-refractivity contribution in [1.29, 1.82) is 0 Å². The van der Waals surface area contributed by atoms with Gasteiger partial charge in [0.25, 0.3) is 0 Å². The van der Waals surface area contributed by atoms with E-state index in [0.29, 0.717) is 19.8 Å². The van der Waals surface area contributed by atoms with Crippen LogP contribution in [0.15, 0.2) is 18.2 Å². The van der Waals surface area contributed by atoms with E-state index >= 15 is 0 Å². The second-order valence-electron chi connectivity index (χ2n) is 4.27. The van der Waals surface area contributed by atoms with Crippen LogP contribution in [0.1, 0.15) is 12.5 Å². The quantitative estimate of drug-likeness (QED) is 0.568. The minimum absolute atomic E-state index is 0.655. The SMILES string of the molecule is CCOCCOCCN(C)c1ccc(N)c(C)c1. The van der Waals surface area contributed by atoms with Gasteiger partial charge in [-0.05, 0) is 37.6 Å². The van der Waals surface area contributed by atoms with Crippen molar-refractivity contribution in [1.82, 2.24) is 0 Å². The van der Waals surface area contributed by atoms with Crippen LogP contribution in [0.25, 0.3) is 0 Å². The summed E-state index contributed by atoms with van der Waals surface area (Å²) in [5.41, 5.74) is 8.90. The van der Waals surface area contributed by atoms with Crippen molar-refractivity contribution in [3.05, 3.63) is 23.8 Å². The van der Waals surface area contributed by atoms with Crippen molar-refractivity contribution in [2.24, 2.45) is 0 Å². The van der Waals surface area contributed by atoms with Crippen LogP contribution < -0.4 is 10.6 Å². The van der Waals surface area contributed by atoms with Crippen LogP contribution in [0.5, 0.6) is 0 Å². The Morgan fingerprint density at radius 3 is 2.56 bits per heavy atom. The number of benzene rings is 1. The lowest BCUT2D eigenvalue weighted by atomic mass is 10.2. The normalized spacial score (nSPS) is 10.6. The number of ether oxygens (including phenoxy) is 2. The van der Waals surface area contributed by atoms with Gasteiger partial charge in [0.2, 0.25) is 0 Å². The first-order valence-electron chi connectivity index (χ1n) is 6.38. The minimum atomic E-state index is 0.655. The highest BCUT2D eigenvalue weighted by atomic mass is 16.5. The number of anilines is 2. The van der Waals surface area contributed by atoms with E-state index in [1.54, 1.807) is 0 Å². The van der Waals surface area contributed by atoms with Gasteiger partial charge in [-0.25, -0.2) is 0 Å². The summed E-state index contributed by atoms with van der Waals surface area (Å²) in [4.78, 5) is 2.16. The van der Waals surface area contributed by atoms with Crippen molar-refractivity contribution in [2.75, 3.05) is 50.7 Å². The third-order valence-corrected chi connectivity index (χ3v) is 2.84. The number of nitrogens with two attached hydrogens (primary N) is 1. The van der Waals surface area contributed by atoms with Crippen LogP contribution >= 0.6 is 0 Å². The summed E-state index contributed by atoms with van der Waals surface area (Å²) in [5.74, 6) is 0. The molecular formula is C14H24N2O2. The van der Waals surface area contributed by atoms with E-state index < -0.39 is 0 Å². The van der Waals surface area contributed by atoms with E-state index in [9.17, 15) is 0 Å². The van der Waals surface area contributed by atoms with Crippen molar-refractivity contribution < 1.29 is 9.47 Å². The highest BCUT2D eigenvalue weighted by Crippen LogP contribution is 2.19. The molecule has 0 aliphatic rings. The lowest BCUT2D eigenvalue weighted by Gasteiger charge is -2.20. The molecule has 0 heterocycles. The maximum absolute atomic E-state index is 5.80. The predicted octanol–water partition coefficient (Wildman–Crippen LogP) is 2.07. The van der Waals surface area contributed by atoms with Gasteiger partial charge in [0.05, 0.1) is 19.8 Å². The molecular weight excluding hydrogens is 228 g/mol. The fraction of sp³-hybridized carbons (Fsp3) is 0.571. The molecule has 0 saturated heterocycles. The number of nitrogen functional groups attached to an aromatic ring is 1. The lowest BCUT2D eigenvalue weighted by molar-refractivity contribution is 0.0558. The van der Waals surface area contributed by atoms with E-state index in [1.165, 1.54) is 0 Å². The summed E-state index contributed by atoms with van der Waals surface area (Å²) in [6, 6.07) is 6.06. The molecule has 0 bridgehead atoms. The first kappa shape index (κ1) is 14.8. The maximum Gasteiger partial charge on any atom is 0.0701 e. The van der Waals surface area contributed by atoms with E-state index in [0.717, 1.165) is 30.1 Å². The second kappa shape index (κ2) is 7.95. The molecule has 4 nitrogen and oxygen atoms in total. The zero-order valence-electron chi connectivity index (χ0n) is 11.6. The molecule has 0 aliphatic heterocycles. The smallest absolute Gasteiger partial charge is 0.0701 e. The monoisotopic (exact) mass is 252 g/mol. The lowest BCUT2D eigenvalue weighted by Crippen LogP contribution is -2.23. The van der Waals surface area contributed by atoms with Gasteiger partial charge in [0, 0.05) is 31.6 Å². The molecule has 4 heteroatoms. The van der Waals surface area contributed by atoms with Gasteiger partial charge < -0.3 is 20.1 Å². The first-order chi connectivity index (χ1) is 8.65. The first-order valence-corrected chi connectivity index (χ1v) is 6.38. The van der Waals surface area contributed by atoms with Crippen LogP contribution in [0.3, 0.4) is 0 Å². The Kier molecular flexibility index (Phi) is 6.54. The van der Waals surface area contributed by atoms with E-state index in [2.05, 4.69) is 18.0 Å². The summed E-state index contributed by atoms with van der Waals surface area (Å²) in [6.07, 6.45) is 0. The zero-order chi connectivity index (χ0) is 13.4. The van der Waals surface area contributed by atoms with Gasteiger partial charge in [-0.15, -0.1) is 0 Å². The van der Waals surface area contributed by atoms with E-state index in [-0.39, 0.29) is 0 Å². The third kappa shape index (κ3) is 4.94. The van der Waals surface area contributed by atoms with Crippen LogP contribution in [0.2, 0.25) is 0 Å². The molecule has 0 atom stereocenters. The predicted molar refractivity (Wildman–Crippen MR) is 76.2 cm³/mol. The molecule has 0 amide bonds. The van der Waals surface area contributed by atoms with Crippen molar-refractivity contribution in [2.45, 2.75) is 13.8 Å². The average Bonchev–Trinajstić information content (AvgIpc) is 2.36. The van der Waals surface area contributed by atoms with Crippen LogP contribution in [-0.4, -0.2) is 40.0 Å². The van der Waals surface area contributed by atoms with Crippen LogP contribution in [-0.2, 0) is 9.47 Å². The summed E-state index contributed by atoms with van der Waals surface area (Å²) in [7, 11) is 2.05. The Balaban J connectivity index is 2.27. The third-order valence-electron chi connectivity index (χ3n) is 2.84. The topological polar surface area (TPSA) is 47.7 Å². The van der Waals surface area contributed by atoms with Gasteiger partial charge in [-0.3, -0.25) is 0 Å². The molecule has 0 spiro atoms. The largest absolute Gasteiger partial charge is 0.399 e. The van der Waals surface area contributed by atoms with Crippen molar-refractivity contribution in [3.63, 3.8) is 0 Å². The molecule has 0 unspecified atom stereocenters. The van der Waals surface area contributed by atoms with Gasteiger partial charge in [0.1, 0.15) is 0 Å². The number of nitrogens with zero attached hydrogens (tertiary/aromatic N) is 1. The number of likely N-dealkylation sites (N-methyl/N-ethyl adjacent to an activating group) is 1. The van der Waals surface area contributed by atoms with Crippen molar-refractivity contribution >= 4 is 11.4 Å². The highest BCUT2D eigenvalue weighted by Gasteiger charge is 2.02. The standard InChI is InChI=1S/C14H24N2O2/c1-4-17-9-10-18-8-7-16(3)13-5-6-14(15)12(2)11-13/h5-6,11H,4,7-10,15H2,1-3H3. The van der Waals surface area contributed by atoms with E-state index in [4.69, 9.17) is 15.2 Å². The molecule has 1 aromatic carbocycles. The Morgan fingerprint density at radius 1 is 1.17 bits per heavy atom. The molecule has 0 radical (unpaired) electrons.